The molecule has 3 aromatic rings. The van der Waals surface area contributed by atoms with Gasteiger partial charge in [0.15, 0.2) is 6.10 Å². The number of aliphatic hydroxyl groups is 1. The molecule has 0 aromatic heterocycles. The topological polar surface area (TPSA) is 140 Å². The molecule has 6 rings (SSSR count). The molecule has 0 radical (unpaired) electrons. The fourth-order valence-electron chi connectivity index (χ4n) is 6.07. The van der Waals surface area contributed by atoms with Crippen molar-refractivity contribution in [3.05, 3.63) is 107 Å². The SMILES string of the molecule is N#Cc1ccc(C(=O)NCCC[N+]23CCC(CC2)[C@@H](OC(=O)C(O)(c2ccccc2)c2ccccc2)C3)cc1.O=C([O-])C(F)(F)F. The van der Waals surface area contributed by atoms with Gasteiger partial charge in [0, 0.05) is 37.3 Å². The summed E-state index contributed by atoms with van der Waals surface area (Å²) in [5, 5.41) is 32.5. The van der Waals surface area contributed by atoms with E-state index < -0.39 is 23.7 Å². The van der Waals surface area contributed by atoms with Gasteiger partial charge in [-0.25, -0.2) is 4.79 Å². The standard InChI is InChI=1S/C32H33N3O4.C2HF3O2/c33-22-24-12-14-26(15-13-24)30(36)34-18-7-19-35-20-16-25(17-21-35)29(23-35)39-31(37)32(38,27-8-3-1-4-9-27)28-10-5-2-6-11-28;3-2(4,5)1(6)7/h1-6,8-15,25,29,38H,7,16-21,23H2;(H,6,7)/t25?,29-,35?;/m0./s1. The summed E-state index contributed by atoms with van der Waals surface area (Å²) < 4.78 is 38.6. The van der Waals surface area contributed by atoms with E-state index in [2.05, 4.69) is 11.4 Å². The van der Waals surface area contributed by atoms with Gasteiger partial charge >= 0.3 is 12.1 Å². The van der Waals surface area contributed by atoms with Gasteiger partial charge in [-0.1, -0.05) is 60.7 Å². The van der Waals surface area contributed by atoms with Gasteiger partial charge in [-0.2, -0.15) is 18.4 Å². The van der Waals surface area contributed by atoms with Crippen LogP contribution in [0.1, 0.15) is 46.3 Å². The number of carbonyl (C=O) groups excluding carboxylic acids is 3. The lowest BCUT2D eigenvalue weighted by Gasteiger charge is -2.52. The number of nitrogens with one attached hydrogen (secondary N) is 1. The predicted octanol–water partition coefficient (Wildman–Crippen LogP) is 3.07. The third kappa shape index (κ3) is 8.10. The van der Waals surface area contributed by atoms with E-state index in [1.54, 1.807) is 48.5 Å². The first-order valence-corrected chi connectivity index (χ1v) is 14.8. The molecule has 0 unspecified atom stereocenters. The van der Waals surface area contributed by atoms with Crippen LogP contribution < -0.4 is 10.4 Å². The molecule has 3 fully saturated rings. The number of amides is 1. The van der Waals surface area contributed by atoms with E-state index in [1.807, 2.05) is 36.4 Å². The summed E-state index contributed by atoms with van der Waals surface area (Å²) in [6, 6.07) is 26.6. The maximum atomic E-state index is 13.7. The number of carbonyl (C=O) groups is 3. The van der Waals surface area contributed by atoms with E-state index in [1.165, 1.54) is 0 Å². The second kappa shape index (κ2) is 14.6. The monoisotopic (exact) mass is 637 g/mol. The van der Waals surface area contributed by atoms with E-state index in [4.69, 9.17) is 19.9 Å². The molecule has 3 heterocycles. The third-order valence-corrected chi connectivity index (χ3v) is 8.58. The molecule has 242 valence electrons. The third-order valence-electron chi connectivity index (χ3n) is 8.58. The zero-order valence-corrected chi connectivity index (χ0v) is 24.9. The van der Waals surface area contributed by atoms with Crippen LogP contribution in [0.3, 0.4) is 0 Å². The highest BCUT2D eigenvalue weighted by Gasteiger charge is 2.50. The lowest BCUT2D eigenvalue weighted by molar-refractivity contribution is -0.946. The molecule has 1 amide bonds. The van der Waals surface area contributed by atoms with E-state index >= 15 is 0 Å². The van der Waals surface area contributed by atoms with Crippen molar-refractivity contribution in [2.45, 2.75) is 37.1 Å². The number of benzene rings is 3. The van der Waals surface area contributed by atoms with Gasteiger partial charge in [0.25, 0.3) is 5.91 Å². The molecule has 0 saturated carbocycles. The van der Waals surface area contributed by atoms with Crippen LogP contribution in [0.25, 0.3) is 0 Å². The first-order valence-electron chi connectivity index (χ1n) is 14.8. The number of ether oxygens (including phenoxy) is 1. The van der Waals surface area contributed by atoms with Crippen LogP contribution >= 0.6 is 0 Å². The van der Waals surface area contributed by atoms with Crippen LogP contribution in [0.2, 0.25) is 0 Å². The van der Waals surface area contributed by atoms with Gasteiger partial charge in [0.1, 0.15) is 12.5 Å². The highest BCUT2D eigenvalue weighted by Crippen LogP contribution is 2.38. The number of nitrogens with zero attached hydrogens (tertiary/aromatic N) is 2. The second-order valence-corrected chi connectivity index (χ2v) is 11.5. The number of quaternary nitrogens is 1. The number of halogens is 3. The summed E-state index contributed by atoms with van der Waals surface area (Å²) in [5.74, 6) is -3.50. The van der Waals surface area contributed by atoms with Gasteiger partial charge < -0.3 is 29.5 Å². The van der Waals surface area contributed by atoms with Gasteiger partial charge in [0.2, 0.25) is 5.60 Å². The van der Waals surface area contributed by atoms with Crippen LogP contribution in [0, 0.1) is 17.2 Å². The zero-order valence-electron chi connectivity index (χ0n) is 24.9. The van der Waals surface area contributed by atoms with Gasteiger partial charge in [-0.15, -0.1) is 0 Å². The van der Waals surface area contributed by atoms with Crippen molar-refractivity contribution in [1.29, 1.82) is 5.26 Å². The van der Waals surface area contributed by atoms with E-state index in [-0.39, 0.29) is 12.0 Å². The van der Waals surface area contributed by atoms with Gasteiger partial charge in [0.05, 0.1) is 31.3 Å². The minimum atomic E-state index is -5.19. The Morgan fingerprint density at radius 1 is 0.935 bits per heavy atom. The van der Waals surface area contributed by atoms with Crippen molar-refractivity contribution in [2.24, 2.45) is 5.92 Å². The number of carboxylic acid groups (broad SMARTS) is 1. The van der Waals surface area contributed by atoms with Crippen molar-refractivity contribution in [3.63, 3.8) is 0 Å². The van der Waals surface area contributed by atoms with E-state index in [0.717, 1.165) is 49.9 Å². The van der Waals surface area contributed by atoms with E-state index in [9.17, 15) is 27.9 Å². The molecule has 3 aliphatic rings. The number of carboxylic acids is 1. The van der Waals surface area contributed by atoms with Crippen LogP contribution in [0.5, 0.6) is 0 Å². The summed E-state index contributed by atoms with van der Waals surface area (Å²) in [4.78, 5) is 34.9. The predicted molar refractivity (Wildman–Crippen MR) is 157 cm³/mol. The van der Waals surface area contributed by atoms with Crippen molar-refractivity contribution < 1.29 is 47.0 Å². The molecule has 2 N–H and O–H groups in total. The van der Waals surface area contributed by atoms with Crippen molar-refractivity contribution >= 4 is 17.8 Å². The number of hydrogen-bond acceptors (Lipinski definition) is 7. The molecule has 1 atom stereocenters. The molecule has 3 saturated heterocycles. The number of alkyl halides is 3. The largest absolute Gasteiger partial charge is 0.542 e. The van der Waals surface area contributed by atoms with Crippen LogP contribution in [-0.2, 0) is 19.9 Å². The van der Waals surface area contributed by atoms with Crippen LogP contribution in [-0.4, -0.2) is 72.4 Å². The molecular weight excluding hydrogens is 603 g/mol. The number of aliphatic carboxylic acids is 1. The zero-order chi connectivity index (χ0) is 33.4. The average Bonchev–Trinajstić information content (AvgIpc) is 3.07. The van der Waals surface area contributed by atoms with Gasteiger partial charge in [-0.05, 0) is 35.4 Å². The number of esters is 1. The number of rotatable bonds is 9. The maximum Gasteiger partial charge on any atom is 0.430 e. The molecule has 9 nitrogen and oxygen atoms in total. The molecule has 3 aromatic carbocycles. The maximum absolute atomic E-state index is 13.7. The number of nitriles is 1. The molecule has 3 aliphatic heterocycles. The number of piperidine rings is 3. The second-order valence-electron chi connectivity index (χ2n) is 11.5. The summed E-state index contributed by atoms with van der Waals surface area (Å²) in [5.41, 5.74) is 0.164. The minimum absolute atomic E-state index is 0.148. The lowest BCUT2D eigenvalue weighted by Crippen LogP contribution is -2.65. The Hall–Kier alpha value is -4.73. The molecular formula is C34H34F3N3O6. The summed E-state index contributed by atoms with van der Waals surface area (Å²) >= 11 is 0. The van der Waals surface area contributed by atoms with Crippen LogP contribution in [0.4, 0.5) is 13.2 Å². The van der Waals surface area contributed by atoms with Crippen LogP contribution in [0.15, 0.2) is 84.9 Å². The van der Waals surface area contributed by atoms with Crippen molar-refractivity contribution in [2.75, 3.05) is 32.7 Å². The Bertz CT molecular complexity index is 1490. The number of hydrogen-bond donors (Lipinski definition) is 2. The van der Waals surface area contributed by atoms with Crippen molar-refractivity contribution in [3.8, 4) is 6.07 Å². The fraction of sp³-hybridized carbons (Fsp3) is 0.353. The smallest absolute Gasteiger partial charge is 0.430 e. The molecule has 0 spiro atoms. The highest BCUT2D eigenvalue weighted by atomic mass is 19.4. The summed E-state index contributed by atoms with van der Waals surface area (Å²) in [7, 11) is 0. The van der Waals surface area contributed by atoms with Crippen molar-refractivity contribution in [1.82, 2.24) is 5.32 Å². The normalized spacial score (nSPS) is 20.4. The Balaban J connectivity index is 0.000000617. The van der Waals surface area contributed by atoms with E-state index in [0.29, 0.717) is 34.7 Å². The Kier molecular flexibility index (Phi) is 10.8. The first-order chi connectivity index (χ1) is 21.9. The highest BCUT2D eigenvalue weighted by molar-refractivity contribution is 5.94. The fourth-order valence-corrected chi connectivity index (χ4v) is 6.07. The van der Waals surface area contributed by atoms with Gasteiger partial charge in [-0.3, -0.25) is 4.79 Å². The molecule has 0 aliphatic carbocycles. The molecule has 12 heteroatoms. The summed E-state index contributed by atoms with van der Waals surface area (Å²) in [6.07, 6.45) is -2.69. The lowest BCUT2D eigenvalue weighted by atomic mass is 9.82. The molecule has 46 heavy (non-hydrogen) atoms. The number of fused-ring (bicyclic) bond motifs is 3. The Labute approximate surface area is 264 Å². The summed E-state index contributed by atoms with van der Waals surface area (Å²) in [6.45, 7) is 4.22. The molecule has 2 bridgehead atoms. The Morgan fingerprint density at radius 2 is 1.46 bits per heavy atom. The quantitative estimate of drug-likeness (QED) is 0.209. The average molecular weight is 638 g/mol. The minimum Gasteiger partial charge on any atom is -0.542 e. The first kappa shape index (κ1) is 34.1. The Morgan fingerprint density at radius 3 is 1.93 bits per heavy atom.